The number of imidazole rings is 1. The van der Waals surface area contributed by atoms with Gasteiger partial charge in [-0.3, -0.25) is 14.2 Å². The number of rotatable bonds is 3. The first-order valence-corrected chi connectivity index (χ1v) is 6.71. The summed E-state index contributed by atoms with van der Waals surface area (Å²) in [5, 5.41) is 11.1. The third-order valence-corrected chi connectivity index (χ3v) is 3.40. The van der Waals surface area contributed by atoms with Crippen LogP contribution in [0.15, 0.2) is 43.2 Å². The Labute approximate surface area is 120 Å². The molecule has 0 saturated heterocycles. The number of aryl methyl sites for hydroxylation is 1. The van der Waals surface area contributed by atoms with Gasteiger partial charge in [-0.05, 0) is 6.92 Å². The Morgan fingerprint density at radius 2 is 2.19 bits per heavy atom. The number of aromatic nitrogens is 7. The van der Waals surface area contributed by atoms with Crippen molar-refractivity contribution in [3.8, 4) is 22.6 Å². The summed E-state index contributed by atoms with van der Waals surface area (Å²) in [6.07, 6.45) is 11.0. The Hall–Kier alpha value is -2.96. The predicted octanol–water partition coefficient (Wildman–Crippen LogP) is 2.00. The summed E-state index contributed by atoms with van der Waals surface area (Å²) in [5.41, 5.74) is 3.60. The maximum Gasteiger partial charge on any atom is 0.149 e. The summed E-state index contributed by atoms with van der Waals surface area (Å²) in [4.78, 5) is 9.11. The molecule has 7 nitrogen and oxygen atoms in total. The van der Waals surface area contributed by atoms with Gasteiger partial charge in [-0.1, -0.05) is 0 Å². The van der Waals surface area contributed by atoms with Gasteiger partial charge in [0.1, 0.15) is 11.5 Å². The Balaban J connectivity index is 1.94. The van der Waals surface area contributed by atoms with Gasteiger partial charge in [0.05, 0.1) is 23.7 Å². The molecule has 0 bridgehead atoms. The number of hydrogen-bond acceptors (Lipinski definition) is 4. The normalized spacial score (nSPS) is 11.3. The van der Waals surface area contributed by atoms with Gasteiger partial charge >= 0.3 is 0 Å². The number of nitrogens with one attached hydrogen (secondary N) is 1. The minimum Gasteiger partial charge on any atom is -0.285 e. The lowest BCUT2D eigenvalue weighted by Crippen LogP contribution is -1.97. The first kappa shape index (κ1) is 11.8. The summed E-state index contributed by atoms with van der Waals surface area (Å²) in [6, 6.07) is 1.96. The van der Waals surface area contributed by atoms with E-state index in [-0.39, 0.29) is 0 Å². The largest absolute Gasteiger partial charge is 0.285 e. The van der Waals surface area contributed by atoms with Crippen molar-refractivity contribution in [2.45, 2.75) is 13.5 Å². The molecular formula is C14H13N7. The van der Waals surface area contributed by atoms with E-state index < -0.39 is 0 Å². The van der Waals surface area contributed by atoms with E-state index in [2.05, 4.69) is 27.2 Å². The highest BCUT2D eigenvalue weighted by atomic mass is 15.3. The van der Waals surface area contributed by atoms with Crippen molar-refractivity contribution in [3.63, 3.8) is 0 Å². The van der Waals surface area contributed by atoms with Crippen LogP contribution in [-0.4, -0.2) is 34.3 Å². The molecule has 0 aliphatic carbocycles. The fourth-order valence-corrected chi connectivity index (χ4v) is 2.32. The number of nitrogens with zero attached hydrogens (tertiary/aromatic N) is 6. The van der Waals surface area contributed by atoms with E-state index in [1.807, 2.05) is 39.9 Å². The number of H-pyrrole nitrogens is 1. The van der Waals surface area contributed by atoms with Crippen LogP contribution in [0.1, 0.15) is 6.92 Å². The van der Waals surface area contributed by atoms with Crippen molar-refractivity contribution in [3.05, 3.63) is 43.2 Å². The van der Waals surface area contributed by atoms with Gasteiger partial charge in [0.2, 0.25) is 0 Å². The minimum absolute atomic E-state index is 0.804. The second-order valence-corrected chi connectivity index (χ2v) is 4.69. The number of fused-ring (bicyclic) bond motifs is 1. The van der Waals surface area contributed by atoms with Crippen molar-refractivity contribution in [1.82, 2.24) is 34.3 Å². The Morgan fingerprint density at radius 3 is 2.95 bits per heavy atom. The molecule has 0 spiro atoms. The van der Waals surface area contributed by atoms with Crippen molar-refractivity contribution < 1.29 is 0 Å². The van der Waals surface area contributed by atoms with Crippen molar-refractivity contribution >= 4 is 5.65 Å². The molecule has 0 radical (unpaired) electrons. The third-order valence-electron chi connectivity index (χ3n) is 3.40. The van der Waals surface area contributed by atoms with E-state index in [4.69, 9.17) is 4.98 Å². The van der Waals surface area contributed by atoms with E-state index >= 15 is 0 Å². The molecule has 4 heterocycles. The zero-order valence-corrected chi connectivity index (χ0v) is 11.4. The molecule has 4 rings (SSSR count). The van der Waals surface area contributed by atoms with E-state index in [9.17, 15) is 0 Å². The summed E-state index contributed by atoms with van der Waals surface area (Å²) in [5.74, 6) is 0.804. The topological polar surface area (TPSA) is 76.7 Å². The van der Waals surface area contributed by atoms with Crippen LogP contribution in [-0.2, 0) is 6.54 Å². The monoisotopic (exact) mass is 279 g/mol. The van der Waals surface area contributed by atoms with Crippen LogP contribution in [0.2, 0.25) is 0 Å². The standard InChI is InChI=1S/C14H13N7/c1-2-20-9-11(8-18-20)12-5-13-15-3-4-21(13)14(19-12)10-6-16-17-7-10/h3-9H,2H2,1H3,(H,16,17). The van der Waals surface area contributed by atoms with Gasteiger partial charge < -0.3 is 0 Å². The minimum atomic E-state index is 0.804. The van der Waals surface area contributed by atoms with Gasteiger partial charge in [0.15, 0.2) is 0 Å². The lowest BCUT2D eigenvalue weighted by molar-refractivity contribution is 0.660. The van der Waals surface area contributed by atoms with Crippen molar-refractivity contribution in [1.29, 1.82) is 0 Å². The Morgan fingerprint density at radius 1 is 1.24 bits per heavy atom. The van der Waals surface area contributed by atoms with Crippen molar-refractivity contribution in [2.75, 3.05) is 0 Å². The first-order chi connectivity index (χ1) is 10.3. The molecule has 104 valence electrons. The van der Waals surface area contributed by atoms with Gasteiger partial charge in [-0.15, -0.1) is 0 Å². The van der Waals surface area contributed by atoms with Gasteiger partial charge in [0, 0.05) is 43.0 Å². The third kappa shape index (κ3) is 1.90. The lowest BCUT2D eigenvalue weighted by atomic mass is 10.2. The highest BCUT2D eigenvalue weighted by molar-refractivity contribution is 5.68. The molecule has 0 aromatic carbocycles. The average molecular weight is 279 g/mol. The smallest absolute Gasteiger partial charge is 0.149 e. The van der Waals surface area contributed by atoms with E-state index in [1.54, 1.807) is 12.4 Å². The molecule has 4 aromatic heterocycles. The summed E-state index contributed by atoms with van der Waals surface area (Å²) >= 11 is 0. The van der Waals surface area contributed by atoms with Crippen LogP contribution in [0.5, 0.6) is 0 Å². The van der Waals surface area contributed by atoms with E-state index in [0.29, 0.717) is 0 Å². The first-order valence-electron chi connectivity index (χ1n) is 6.71. The molecular weight excluding hydrogens is 266 g/mol. The summed E-state index contributed by atoms with van der Waals surface area (Å²) < 4.78 is 3.82. The Kier molecular flexibility index (Phi) is 2.56. The predicted molar refractivity (Wildman–Crippen MR) is 77.5 cm³/mol. The van der Waals surface area contributed by atoms with Crippen LogP contribution in [0.4, 0.5) is 0 Å². The fourth-order valence-electron chi connectivity index (χ4n) is 2.32. The molecule has 21 heavy (non-hydrogen) atoms. The fraction of sp³-hybridized carbons (Fsp3) is 0.143. The van der Waals surface area contributed by atoms with E-state index in [0.717, 1.165) is 34.8 Å². The van der Waals surface area contributed by atoms with Crippen LogP contribution >= 0.6 is 0 Å². The zero-order chi connectivity index (χ0) is 14.2. The van der Waals surface area contributed by atoms with Crippen molar-refractivity contribution in [2.24, 2.45) is 0 Å². The van der Waals surface area contributed by atoms with Gasteiger partial charge in [-0.2, -0.15) is 10.2 Å². The van der Waals surface area contributed by atoms with Crippen LogP contribution < -0.4 is 0 Å². The molecule has 0 amide bonds. The average Bonchev–Trinajstić information content (AvgIpc) is 3.25. The quantitative estimate of drug-likeness (QED) is 0.622. The number of aromatic amines is 1. The maximum atomic E-state index is 4.74. The zero-order valence-electron chi connectivity index (χ0n) is 11.4. The Bertz CT molecular complexity index is 885. The molecule has 0 saturated carbocycles. The highest BCUT2D eigenvalue weighted by Gasteiger charge is 2.12. The van der Waals surface area contributed by atoms with Crippen LogP contribution in [0.3, 0.4) is 0 Å². The van der Waals surface area contributed by atoms with Gasteiger partial charge in [0.25, 0.3) is 0 Å². The molecule has 0 fully saturated rings. The van der Waals surface area contributed by atoms with E-state index in [1.165, 1.54) is 0 Å². The molecule has 4 aromatic rings. The van der Waals surface area contributed by atoms with Gasteiger partial charge in [-0.25, -0.2) is 9.97 Å². The SMILES string of the molecule is CCn1cc(-c2cc3nccn3c(-c3cn[nH]c3)n2)cn1. The van der Waals surface area contributed by atoms with Crippen LogP contribution in [0, 0.1) is 0 Å². The molecule has 0 atom stereocenters. The maximum absolute atomic E-state index is 4.74. The highest BCUT2D eigenvalue weighted by Crippen LogP contribution is 2.23. The molecule has 7 heteroatoms. The molecule has 0 aliphatic rings. The summed E-state index contributed by atoms with van der Waals surface area (Å²) in [7, 11) is 0. The second kappa shape index (κ2) is 4.55. The van der Waals surface area contributed by atoms with Crippen LogP contribution in [0.25, 0.3) is 28.3 Å². The molecule has 1 N–H and O–H groups in total. The number of hydrogen-bond donors (Lipinski definition) is 1. The molecule has 0 unspecified atom stereocenters. The summed E-state index contributed by atoms with van der Waals surface area (Å²) in [6.45, 7) is 2.89. The second-order valence-electron chi connectivity index (χ2n) is 4.69. The lowest BCUT2D eigenvalue weighted by Gasteiger charge is -2.05. The molecule has 0 aliphatic heterocycles.